The maximum Gasteiger partial charge on any atom is 0.401 e. The van der Waals surface area contributed by atoms with E-state index in [0.717, 1.165) is 12.8 Å². The van der Waals surface area contributed by atoms with E-state index in [9.17, 15) is 18.0 Å². The molecular formula is C10H16F3NO2. The van der Waals surface area contributed by atoms with Crippen molar-refractivity contribution < 1.29 is 22.7 Å². The summed E-state index contributed by atoms with van der Waals surface area (Å²) in [6.45, 7) is 0.286. The monoisotopic (exact) mass is 239 g/mol. The van der Waals surface area contributed by atoms with E-state index in [1.807, 2.05) is 0 Å². The molecule has 1 unspecified atom stereocenters. The molecule has 1 saturated carbocycles. The zero-order chi connectivity index (χ0) is 12.4. The molecule has 0 heterocycles. The predicted molar refractivity (Wildman–Crippen MR) is 51.8 cm³/mol. The molecule has 0 aliphatic heterocycles. The summed E-state index contributed by atoms with van der Waals surface area (Å²) >= 11 is 0. The molecular weight excluding hydrogens is 223 g/mol. The normalized spacial score (nSPS) is 20.3. The number of hydrogen-bond acceptors (Lipinski definition) is 3. The second-order valence-corrected chi connectivity index (χ2v) is 4.44. The fourth-order valence-electron chi connectivity index (χ4n) is 1.65. The van der Waals surface area contributed by atoms with Gasteiger partial charge in [-0.2, -0.15) is 13.2 Å². The van der Waals surface area contributed by atoms with Gasteiger partial charge in [-0.25, -0.2) is 0 Å². The van der Waals surface area contributed by atoms with Crippen molar-refractivity contribution in [3.8, 4) is 0 Å². The standard InChI is InChI=1S/C10H16F3NO2/c1-9(8(15)16-2,5-7-3-4-7)14-6-10(11,12)13/h7,14H,3-6H2,1-2H3. The molecule has 1 atom stereocenters. The number of methoxy groups -OCH3 is 1. The SMILES string of the molecule is COC(=O)C(C)(CC1CC1)NCC(F)(F)F. The summed E-state index contributed by atoms with van der Waals surface area (Å²) in [6.07, 6.45) is -1.98. The van der Waals surface area contributed by atoms with E-state index >= 15 is 0 Å². The van der Waals surface area contributed by atoms with E-state index in [0.29, 0.717) is 12.3 Å². The lowest BCUT2D eigenvalue weighted by Gasteiger charge is -2.28. The molecule has 0 aromatic rings. The van der Waals surface area contributed by atoms with Crippen LogP contribution in [0, 0.1) is 5.92 Å². The van der Waals surface area contributed by atoms with Gasteiger partial charge in [-0.3, -0.25) is 10.1 Å². The van der Waals surface area contributed by atoms with Crippen LogP contribution < -0.4 is 5.32 Å². The number of halogens is 3. The summed E-state index contributed by atoms with van der Waals surface area (Å²) in [5, 5.41) is 2.26. The highest BCUT2D eigenvalue weighted by atomic mass is 19.4. The van der Waals surface area contributed by atoms with E-state index in [1.54, 1.807) is 0 Å². The van der Waals surface area contributed by atoms with Gasteiger partial charge in [0.2, 0.25) is 0 Å². The Labute approximate surface area is 92.3 Å². The third-order valence-corrected chi connectivity index (χ3v) is 2.71. The molecule has 16 heavy (non-hydrogen) atoms. The molecule has 0 amide bonds. The Kier molecular flexibility index (Phi) is 3.83. The minimum atomic E-state index is -4.32. The van der Waals surface area contributed by atoms with Gasteiger partial charge < -0.3 is 4.74 Å². The number of carbonyl (C=O) groups is 1. The van der Waals surface area contributed by atoms with Gasteiger partial charge in [-0.1, -0.05) is 12.8 Å². The highest BCUT2D eigenvalue weighted by Gasteiger charge is 2.42. The van der Waals surface area contributed by atoms with Crippen LogP contribution in [0.15, 0.2) is 0 Å². The lowest BCUT2D eigenvalue weighted by atomic mass is 9.95. The van der Waals surface area contributed by atoms with Gasteiger partial charge in [0.15, 0.2) is 0 Å². The average Bonchev–Trinajstić information content (AvgIpc) is 2.96. The number of hydrogen-bond donors (Lipinski definition) is 1. The molecule has 94 valence electrons. The van der Waals surface area contributed by atoms with Crippen LogP contribution in [0.4, 0.5) is 13.2 Å². The van der Waals surface area contributed by atoms with Crippen LogP contribution in [0.1, 0.15) is 26.2 Å². The lowest BCUT2D eigenvalue weighted by molar-refractivity contribution is -0.153. The first-order valence-corrected chi connectivity index (χ1v) is 5.17. The van der Waals surface area contributed by atoms with Crippen molar-refractivity contribution in [2.45, 2.75) is 37.9 Å². The van der Waals surface area contributed by atoms with Crippen LogP contribution in [-0.2, 0) is 9.53 Å². The Balaban J connectivity index is 2.58. The molecule has 3 nitrogen and oxygen atoms in total. The molecule has 1 rings (SSSR count). The largest absolute Gasteiger partial charge is 0.468 e. The Morgan fingerprint density at radius 2 is 2.00 bits per heavy atom. The smallest absolute Gasteiger partial charge is 0.401 e. The minimum Gasteiger partial charge on any atom is -0.468 e. The van der Waals surface area contributed by atoms with Gasteiger partial charge in [-0.15, -0.1) is 0 Å². The number of alkyl halides is 3. The molecule has 1 aliphatic rings. The van der Waals surface area contributed by atoms with E-state index < -0.39 is 24.2 Å². The highest BCUT2D eigenvalue weighted by Crippen LogP contribution is 2.37. The fraction of sp³-hybridized carbons (Fsp3) is 0.900. The second-order valence-electron chi connectivity index (χ2n) is 4.44. The molecule has 0 aromatic heterocycles. The van der Waals surface area contributed by atoms with Gasteiger partial charge in [0.25, 0.3) is 0 Å². The second kappa shape index (κ2) is 4.61. The summed E-state index contributed by atoms with van der Waals surface area (Å²) in [7, 11) is 1.18. The molecule has 0 bridgehead atoms. The van der Waals surface area contributed by atoms with Gasteiger partial charge in [-0.05, 0) is 19.3 Å². The maximum atomic E-state index is 12.1. The van der Waals surface area contributed by atoms with Crippen LogP contribution in [0.2, 0.25) is 0 Å². The van der Waals surface area contributed by atoms with Crippen LogP contribution in [0.25, 0.3) is 0 Å². The van der Waals surface area contributed by atoms with Crippen LogP contribution >= 0.6 is 0 Å². The number of ether oxygens (including phenoxy) is 1. The number of nitrogens with one attached hydrogen (secondary N) is 1. The zero-order valence-corrected chi connectivity index (χ0v) is 9.36. The summed E-state index contributed by atoms with van der Waals surface area (Å²) in [4.78, 5) is 11.5. The average molecular weight is 239 g/mol. The molecule has 0 radical (unpaired) electrons. The van der Waals surface area contributed by atoms with Gasteiger partial charge in [0, 0.05) is 0 Å². The zero-order valence-electron chi connectivity index (χ0n) is 9.36. The Hall–Kier alpha value is -0.780. The summed E-state index contributed by atoms with van der Waals surface area (Å²) < 4.78 is 40.8. The Morgan fingerprint density at radius 3 is 2.38 bits per heavy atom. The van der Waals surface area contributed by atoms with Crippen molar-refractivity contribution in [1.29, 1.82) is 0 Å². The number of rotatable bonds is 5. The van der Waals surface area contributed by atoms with E-state index in [-0.39, 0.29) is 0 Å². The highest BCUT2D eigenvalue weighted by molar-refractivity contribution is 5.80. The predicted octanol–water partition coefficient (Wildman–Crippen LogP) is 1.87. The van der Waals surface area contributed by atoms with Crippen molar-refractivity contribution in [2.24, 2.45) is 5.92 Å². The number of esters is 1. The molecule has 1 N–H and O–H groups in total. The molecule has 6 heteroatoms. The summed E-state index contributed by atoms with van der Waals surface area (Å²) in [6, 6.07) is 0. The first-order valence-electron chi connectivity index (χ1n) is 5.17. The third kappa shape index (κ3) is 4.00. The van der Waals surface area contributed by atoms with E-state index in [1.165, 1.54) is 14.0 Å². The molecule has 0 aromatic carbocycles. The van der Waals surface area contributed by atoms with Crippen molar-refractivity contribution in [1.82, 2.24) is 5.32 Å². The molecule has 0 spiro atoms. The van der Waals surface area contributed by atoms with Crippen molar-refractivity contribution in [3.05, 3.63) is 0 Å². The first kappa shape index (κ1) is 13.3. The van der Waals surface area contributed by atoms with E-state index in [4.69, 9.17) is 0 Å². The van der Waals surface area contributed by atoms with E-state index in [2.05, 4.69) is 10.1 Å². The van der Waals surface area contributed by atoms with Gasteiger partial charge >= 0.3 is 12.1 Å². The van der Waals surface area contributed by atoms with Crippen molar-refractivity contribution >= 4 is 5.97 Å². The first-order chi connectivity index (χ1) is 7.27. The van der Waals surface area contributed by atoms with Crippen LogP contribution in [0.5, 0.6) is 0 Å². The lowest BCUT2D eigenvalue weighted by Crippen LogP contribution is -2.53. The number of carbonyl (C=O) groups excluding carboxylic acids is 1. The van der Waals surface area contributed by atoms with Gasteiger partial charge in [0.05, 0.1) is 13.7 Å². The minimum absolute atomic E-state index is 0.338. The Morgan fingerprint density at radius 1 is 1.44 bits per heavy atom. The van der Waals surface area contributed by atoms with Crippen LogP contribution in [-0.4, -0.2) is 31.3 Å². The summed E-state index contributed by atoms with van der Waals surface area (Å²) in [5.41, 5.74) is -1.23. The summed E-state index contributed by atoms with van der Waals surface area (Å²) in [5.74, 6) is -0.298. The van der Waals surface area contributed by atoms with Crippen molar-refractivity contribution in [3.63, 3.8) is 0 Å². The fourth-order valence-corrected chi connectivity index (χ4v) is 1.65. The molecule has 1 fully saturated rings. The maximum absolute atomic E-state index is 12.1. The van der Waals surface area contributed by atoms with Gasteiger partial charge in [0.1, 0.15) is 5.54 Å². The van der Waals surface area contributed by atoms with Crippen LogP contribution in [0.3, 0.4) is 0 Å². The topological polar surface area (TPSA) is 38.3 Å². The molecule has 0 saturated heterocycles. The molecule has 1 aliphatic carbocycles. The Bertz CT molecular complexity index is 263. The van der Waals surface area contributed by atoms with Crippen molar-refractivity contribution in [2.75, 3.05) is 13.7 Å². The quantitative estimate of drug-likeness (QED) is 0.744. The third-order valence-electron chi connectivity index (χ3n) is 2.71.